The van der Waals surface area contributed by atoms with E-state index < -0.39 is 0 Å². The fourth-order valence-corrected chi connectivity index (χ4v) is 1.58. The first-order valence-corrected chi connectivity index (χ1v) is 5.08. The number of rotatable bonds is 2. The Morgan fingerprint density at radius 3 is 2.87 bits per heavy atom. The fraction of sp³-hybridized carbons (Fsp3) is 0.300. The molecule has 0 atom stereocenters. The molecular weight excluding hydrogens is 214 g/mol. The van der Waals surface area contributed by atoms with Crippen LogP contribution in [0.5, 0.6) is 0 Å². The van der Waals surface area contributed by atoms with Crippen LogP contribution in [0.25, 0.3) is 0 Å². The van der Waals surface area contributed by atoms with Gasteiger partial charge in [0.25, 0.3) is 0 Å². The molecule has 1 aromatic heterocycles. The van der Waals surface area contributed by atoms with Gasteiger partial charge in [0.2, 0.25) is 11.9 Å². The predicted octanol–water partition coefficient (Wildman–Crippen LogP) is 2.03. The number of allylic oxidation sites excluding steroid dienone is 2. The molecule has 1 aliphatic rings. The number of nitrogens with one attached hydrogen (secondary N) is 1. The molecule has 0 radical (unpaired) electrons. The topological polar surface area (TPSA) is 54.9 Å². The van der Waals surface area contributed by atoms with E-state index in [2.05, 4.69) is 15.3 Å². The first kappa shape index (κ1) is 10.1. The summed E-state index contributed by atoms with van der Waals surface area (Å²) in [5, 5.41) is 2.96. The molecule has 1 N–H and O–H groups in total. The van der Waals surface area contributed by atoms with Crippen LogP contribution in [0.4, 0.5) is 5.95 Å². The Bertz CT molecular complexity index is 397. The first-order chi connectivity index (χ1) is 7.25. The summed E-state index contributed by atoms with van der Waals surface area (Å²) in [5.74, 6) is 0.217. The lowest BCUT2D eigenvalue weighted by molar-refractivity contribution is -0.119. The molecule has 2 rings (SSSR count). The van der Waals surface area contributed by atoms with E-state index in [1.807, 2.05) is 12.2 Å². The molecule has 1 aromatic rings. The van der Waals surface area contributed by atoms with Crippen LogP contribution >= 0.6 is 11.6 Å². The van der Waals surface area contributed by atoms with E-state index in [9.17, 15) is 4.79 Å². The van der Waals surface area contributed by atoms with Crippen LogP contribution in [0.15, 0.2) is 24.4 Å². The Labute approximate surface area is 92.4 Å². The van der Waals surface area contributed by atoms with Crippen LogP contribution in [0.3, 0.4) is 0 Å². The highest BCUT2D eigenvalue weighted by atomic mass is 35.5. The van der Waals surface area contributed by atoms with Gasteiger partial charge in [-0.1, -0.05) is 23.8 Å². The number of anilines is 1. The van der Waals surface area contributed by atoms with Crippen LogP contribution in [0.2, 0.25) is 5.15 Å². The maximum Gasteiger partial charge on any atom is 0.230 e. The summed E-state index contributed by atoms with van der Waals surface area (Å²) >= 11 is 5.67. The molecule has 0 saturated carbocycles. The van der Waals surface area contributed by atoms with Crippen molar-refractivity contribution >= 4 is 23.5 Å². The van der Waals surface area contributed by atoms with E-state index in [1.165, 1.54) is 6.20 Å². The van der Waals surface area contributed by atoms with Gasteiger partial charge >= 0.3 is 0 Å². The van der Waals surface area contributed by atoms with Crippen molar-refractivity contribution in [1.29, 1.82) is 0 Å². The van der Waals surface area contributed by atoms with E-state index in [-0.39, 0.29) is 17.8 Å². The van der Waals surface area contributed by atoms with Gasteiger partial charge in [-0.25, -0.2) is 9.97 Å². The lowest BCUT2D eigenvalue weighted by Crippen LogP contribution is -2.21. The molecule has 78 valence electrons. The number of amides is 1. The second-order valence-electron chi connectivity index (χ2n) is 3.33. The monoisotopic (exact) mass is 223 g/mol. The number of carbonyl (C=O) groups is 1. The molecule has 0 spiro atoms. The summed E-state index contributed by atoms with van der Waals surface area (Å²) in [6.07, 6.45) is 7.09. The van der Waals surface area contributed by atoms with Crippen LogP contribution < -0.4 is 5.32 Å². The third-order valence-corrected chi connectivity index (χ3v) is 2.45. The van der Waals surface area contributed by atoms with E-state index >= 15 is 0 Å². The normalized spacial score (nSPS) is 15.5. The largest absolute Gasteiger partial charge is 0.294 e. The quantitative estimate of drug-likeness (QED) is 0.617. The minimum atomic E-state index is -0.0535. The molecule has 4 nitrogen and oxygen atoms in total. The van der Waals surface area contributed by atoms with E-state index in [1.54, 1.807) is 6.07 Å². The van der Waals surface area contributed by atoms with Crippen molar-refractivity contribution < 1.29 is 4.79 Å². The molecule has 0 unspecified atom stereocenters. The van der Waals surface area contributed by atoms with Crippen molar-refractivity contribution in [3.63, 3.8) is 0 Å². The molecule has 0 saturated heterocycles. The Morgan fingerprint density at radius 2 is 2.20 bits per heavy atom. The zero-order valence-electron chi connectivity index (χ0n) is 7.98. The second-order valence-corrected chi connectivity index (χ2v) is 3.72. The van der Waals surface area contributed by atoms with Crippen LogP contribution in [-0.2, 0) is 4.79 Å². The average molecular weight is 224 g/mol. The molecule has 1 amide bonds. The van der Waals surface area contributed by atoms with Crippen molar-refractivity contribution in [3.05, 3.63) is 29.6 Å². The molecular formula is C10H10ClN3O. The number of hydrogen-bond acceptors (Lipinski definition) is 3. The number of aromatic nitrogens is 2. The van der Waals surface area contributed by atoms with Gasteiger partial charge in [0.05, 0.1) is 0 Å². The number of hydrogen-bond donors (Lipinski definition) is 1. The number of carbonyl (C=O) groups excluding carboxylic acids is 1. The van der Waals surface area contributed by atoms with Gasteiger partial charge in [0.1, 0.15) is 5.15 Å². The molecule has 15 heavy (non-hydrogen) atoms. The Hall–Kier alpha value is -1.42. The first-order valence-electron chi connectivity index (χ1n) is 4.70. The summed E-state index contributed by atoms with van der Waals surface area (Å²) < 4.78 is 0. The zero-order chi connectivity index (χ0) is 10.7. The van der Waals surface area contributed by atoms with E-state index in [0.717, 1.165) is 12.8 Å². The summed E-state index contributed by atoms with van der Waals surface area (Å²) in [7, 11) is 0. The number of halogens is 1. The van der Waals surface area contributed by atoms with Gasteiger partial charge in [-0.3, -0.25) is 10.1 Å². The van der Waals surface area contributed by atoms with Gasteiger partial charge in [0, 0.05) is 12.1 Å². The summed E-state index contributed by atoms with van der Waals surface area (Å²) in [4.78, 5) is 19.4. The van der Waals surface area contributed by atoms with Gasteiger partial charge in [0.15, 0.2) is 0 Å². The summed E-state index contributed by atoms with van der Waals surface area (Å²) in [6.45, 7) is 0. The highest BCUT2D eigenvalue weighted by Gasteiger charge is 2.19. The Kier molecular flexibility index (Phi) is 2.97. The van der Waals surface area contributed by atoms with Crippen molar-refractivity contribution in [1.82, 2.24) is 9.97 Å². The van der Waals surface area contributed by atoms with Crippen molar-refractivity contribution in [2.24, 2.45) is 5.92 Å². The SMILES string of the molecule is O=C(Nc1nccc(Cl)n1)C1CC=CC1. The summed E-state index contributed by atoms with van der Waals surface area (Å²) in [5.41, 5.74) is 0. The van der Waals surface area contributed by atoms with Gasteiger partial charge in [-0.2, -0.15) is 0 Å². The standard InChI is InChI=1S/C10H10ClN3O/c11-8-5-6-12-10(13-8)14-9(15)7-3-1-2-4-7/h1-2,5-7H,3-4H2,(H,12,13,14,15). The summed E-state index contributed by atoms with van der Waals surface area (Å²) in [6, 6.07) is 1.56. The third kappa shape index (κ3) is 2.53. The van der Waals surface area contributed by atoms with Crippen LogP contribution in [0, 0.1) is 5.92 Å². The highest BCUT2D eigenvalue weighted by molar-refractivity contribution is 6.29. The molecule has 0 fully saturated rings. The highest BCUT2D eigenvalue weighted by Crippen LogP contribution is 2.19. The van der Waals surface area contributed by atoms with Gasteiger partial charge in [-0.15, -0.1) is 0 Å². The minimum absolute atomic E-state index is 0.00702. The Morgan fingerprint density at radius 1 is 1.47 bits per heavy atom. The maximum absolute atomic E-state index is 11.7. The molecule has 1 heterocycles. The maximum atomic E-state index is 11.7. The van der Waals surface area contributed by atoms with Crippen molar-refractivity contribution in [3.8, 4) is 0 Å². The molecule has 0 aliphatic heterocycles. The average Bonchev–Trinajstić information content (AvgIpc) is 2.70. The lowest BCUT2D eigenvalue weighted by atomic mass is 10.1. The Balaban J connectivity index is 1.99. The smallest absolute Gasteiger partial charge is 0.230 e. The predicted molar refractivity (Wildman–Crippen MR) is 57.5 cm³/mol. The fourth-order valence-electron chi connectivity index (χ4n) is 1.44. The minimum Gasteiger partial charge on any atom is -0.294 e. The molecule has 0 bridgehead atoms. The zero-order valence-corrected chi connectivity index (χ0v) is 8.74. The van der Waals surface area contributed by atoms with Crippen molar-refractivity contribution in [2.45, 2.75) is 12.8 Å². The third-order valence-electron chi connectivity index (χ3n) is 2.24. The van der Waals surface area contributed by atoms with Crippen molar-refractivity contribution in [2.75, 3.05) is 5.32 Å². The molecule has 1 aliphatic carbocycles. The molecule has 5 heteroatoms. The van der Waals surface area contributed by atoms with E-state index in [4.69, 9.17) is 11.6 Å². The van der Waals surface area contributed by atoms with Gasteiger partial charge < -0.3 is 0 Å². The van der Waals surface area contributed by atoms with Gasteiger partial charge in [-0.05, 0) is 18.9 Å². The lowest BCUT2D eigenvalue weighted by Gasteiger charge is -2.08. The van der Waals surface area contributed by atoms with Crippen LogP contribution in [0.1, 0.15) is 12.8 Å². The number of nitrogens with zero attached hydrogens (tertiary/aromatic N) is 2. The van der Waals surface area contributed by atoms with Crippen LogP contribution in [-0.4, -0.2) is 15.9 Å². The molecule has 0 aromatic carbocycles. The second kappa shape index (κ2) is 4.40. The van der Waals surface area contributed by atoms with E-state index in [0.29, 0.717) is 5.15 Å².